The van der Waals surface area contributed by atoms with Crippen molar-refractivity contribution in [2.75, 3.05) is 0 Å². The van der Waals surface area contributed by atoms with Gasteiger partial charge < -0.3 is 0 Å². The number of nitriles is 1. The van der Waals surface area contributed by atoms with Crippen molar-refractivity contribution in [1.29, 1.82) is 5.26 Å². The molecule has 0 atom stereocenters. The summed E-state index contributed by atoms with van der Waals surface area (Å²) in [5, 5.41) is 8.46. The van der Waals surface area contributed by atoms with Crippen molar-refractivity contribution in [3.63, 3.8) is 0 Å². The molecule has 0 aliphatic rings. The molecule has 0 aliphatic heterocycles. The smallest absolute Gasteiger partial charge is 0.0943 e. The molecule has 0 rings (SSSR count). The van der Waals surface area contributed by atoms with Crippen LogP contribution in [0.25, 0.3) is 0 Å². The highest BCUT2D eigenvalue weighted by Crippen LogP contribution is 2.03. The molecule has 0 aromatic heterocycles. The Morgan fingerprint density at radius 2 is 2.22 bits per heavy atom. The van der Waals surface area contributed by atoms with Gasteiger partial charge in [0, 0.05) is 5.57 Å². The predicted octanol–water partition coefficient (Wildman–Crippen LogP) is 2.50. The second-order valence-electron chi connectivity index (χ2n) is 2.40. The van der Waals surface area contributed by atoms with Crippen LogP contribution in [0.2, 0.25) is 0 Å². The zero-order valence-corrected chi connectivity index (χ0v) is 6.31. The van der Waals surface area contributed by atoms with Gasteiger partial charge in [-0.15, -0.1) is 0 Å². The van der Waals surface area contributed by atoms with Gasteiger partial charge in [-0.3, -0.25) is 0 Å². The SMILES string of the molecule is CC/C(C#N)=C\C(C)C. The van der Waals surface area contributed by atoms with Crippen molar-refractivity contribution >= 4 is 0 Å². The van der Waals surface area contributed by atoms with E-state index < -0.39 is 0 Å². The molecule has 0 heterocycles. The molecule has 0 fully saturated rings. The molecule has 0 saturated heterocycles. The van der Waals surface area contributed by atoms with E-state index in [1.165, 1.54) is 0 Å². The summed E-state index contributed by atoms with van der Waals surface area (Å²) in [4.78, 5) is 0. The molecule has 0 radical (unpaired) electrons. The number of hydrogen-bond acceptors (Lipinski definition) is 1. The normalized spacial score (nSPS) is 11.7. The van der Waals surface area contributed by atoms with E-state index in [1.807, 2.05) is 13.0 Å². The first kappa shape index (κ1) is 8.23. The van der Waals surface area contributed by atoms with Crippen LogP contribution in [-0.4, -0.2) is 0 Å². The summed E-state index contributed by atoms with van der Waals surface area (Å²) in [7, 11) is 0. The van der Waals surface area contributed by atoms with Crippen LogP contribution in [-0.2, 0) is 0 Å². The largest absolute Gasteiger partial charge is 0.193 e. The molecule has 0 spiro atoms. The van der Waals surface area contributed by atoms with E-state index in [2.05, 4.69) is 19.9 Å². The van der Waals surface area contributed by atoms with Crippen molar-refractivity contribution in [3.05, 3.63) is 11.6 Å². The molecule has 0 amide bonds. The van der Waals surface area contributed by atoms with Gasteiger partial charge in [-0.1, -0.05) is 26.8 Å². The lowest BCUT2D eigenvalue weighted by Gasteiger charge is -1.94. The Morgan fingerprint density at radius 1 is 1.67 bits per heavy atom. The summed E-state index contributed by atoms with van der Waals surface area (Å²) in [6.45, 7) is 6.15. The van der Waals surface area contributed by atoms with Gasteiger partial charge >= 0.3 is 0 Å². The third-order valence-corrected chi connectivity index (χ3v) is 1.06. The van der Waals surface area contributed by atoms with E-state index in [0.717, 1.165) is 12.0 Å². The first-order valence-corrected chi connectivity index (χ1v) is 3.31. The molecule has 0 aliphatic carbocycles. The standard InChI is InChI=1S/C8H13N/c1-4-8(6-9)5-7(2)3/h5,7H,4H2,1-3H3/b8-5+. The maximum absolute atomic E-state index is 8.46. The van der Waals surface area contributed by atoms with Gasteiger partial charge in [0.05, 0.1) is 6.07 Å². The quantitative estimate of drug-likeness (QED) is 0.517. The lowest BCUT2D eigenvalue weighted by Crippen LogP contribution is -1.82. The monoisotopic (exact) mass is 123 g/mol. The number of rotatable bonds is 2. The van der Waals surface area contributed by atoms with Crippen molar-refractivity contribution in [3.8, 4) is 6.07 Å². The fourth-order valence-electron chi connectivity index (χ4n) is 0.637. The van der Waals surface area contributed by atoms with Crippen molar-refractivity contribution in [2.24, 2.45) is 5.92 Å². The van der Waals surface area contributed by atoms with E-state index >= 15 is 0 Å². The molecule has 1 nitrogen and oxygen atoms in total. The average molecular weight is 123 g/mol. The molecule has 1 heteroatoms. The summed E-state index contributed by atoms with van der Waals surface area (Å²) in [6, 6.07) is 2.14. The minimum Gasteiger partial charge on any atom is -0.193 e. The van der Waals surface area contributed by atoms with Gasteiger partial charge in [-0.05, 0) is 12.3 Å². The molecule has 0 saturated carbocycles. The summed E-state index contributed by atoms with van der Waals surface area (Å²) in [5.41, 5.74) is 0.894. The fraction of sp³-hybridized carbons (Fsp3) is 0.625. The van der Waals surface area contributed by atoms with Crippen molar-refractivity contribution in [2.45, 2.75) is 27.2 Å². The minimum atomic E-state index is 0.500. The highest BCUT2D eigenvalue weighted by molar-refractivity contribution is 5.20. The summed E-state index contributed by atoms with van der Waals surface area (Å²) in [5.74, 6) is 0.500. The molecular formula is C8H13N. The van der Waals surface area contributed by atoms with Crippen molar-refractivity contribution < 1.29 is 0 Å². The van der Waals surface area contributed by atoms with Crippen LogP contribution in [0, 0.1) is 17.2 Å². The van der Waals surface area contributed by atoms with E-state index in [0.29, 0.717) is 5.92 Å². The third-order valence-electron chi connectivity index (χ3n) is 1.06. The van der Waals surface area contributed by atoms with Gasteiger partial charge in [-0.2, -0.15) is 5.26 Å². The Hall–Kier alpha value is -0.770. The lowest BCUT2D eigenvalue weighted by molar-refractivity contribution is 0.819. The summed E-state index contributed by atoms with van der Waals surface area (Å²) in [6.07, 6.45) is 2.86. The summed E-state index contributed by atoms with van der Waals surface area (Å²) >= 11 is 0. The summed E-state index contributed by atoms with van der Waals surface area (Å²) < 4.78 is 0. The highest BCUT2D eigenvalue weighted by Gasteiger charge is 1.91. The van der Waals surface area contributed by atoms with Crippen LogP contribution < -0.4 is 0 Å². The maximum Gasteiger partial charge on any atom is 0.0943 e. The van der Waals surface area contributed by atoms with E-state index in [4.69, 9.17) is 5.26 Å². The molecule has 9 heavy (non-hydrogen) atoms. The topological polar surface area (TPSA) is 23.8 Å². The van der Waals surface area contributed by atoms with Crippen LogP contribution in [0.15, 0.2) is 11.6 Å². The van der Waals surface area contributed by atoms with Crippen LogP contribution >= 0.6 is 0 Å². The molecule has 50 valence electrons. The number of allylic oxidation sites excluding steroid dienone is 2. The number of nitrogens with zero attached hydrogens (tertiary/aromatic N) is 1. The Morgan fingerprint density at radius 3 is 2.33 bits per heavy atom. The Kier molecular flexibility index (Phi) is 3.79. The van der Waals surface area contributed by atoms with E-state index in [9.17, 15) is 0 Å². The lowest BCUT2D eigenvalue weighted by atomic mass is 10.1. The zero-order chi connectivity index (χ0) is 7.28. The molecular weight excluding hydrogens is 110 g/mol. The van der Waals surface area contributed by atoms with Gasteiger partial charge in [0.2, 0.25) is 0 Å². The van der Waals surface area contributed by atoms with Crippen LogP contribution in [0.4, 0.5) is 0 Å². The van der Waals surface area contributed by atoms with Gasteiger partial charge in [-0.25, -0.2) is 0 Å². The fourth-order valence-corrected chi connectivity index (χ4v) is 0.637. The molecule has 0 bridgehead atoms. The Labute approximate surface area is 57.0 Å². The molecule has 0 aromatic rings. The van der Waals surface area contributed by atoms with Crippen LogP contribution in [0.5, 0.6) is 0 Å². The first-order valence-electron chi connectivity index (χ1n) is 3.31. The molecule has 0 aromatic carbocycles. The second kappa shape index (κ2) is 4.14. The zero-order valence-electron chi connectivity index (χ0n) is 6.31. The van der Waals surface area contributed by atoms with E-state index in [-0.39, 0.29) is 0 Å². The second-order valence-corrected chi connectivity index (χ2v) is 2.40. The minimum absolute atomic E-state index is 0.500. The van der Waals surface area contributed by atoms with Gasteiger partial charge in [0.25, 0.3) is 0 Å². The average Bonchev–Trinajstić information content (AvgIpc) is 1.82. The van der Waals surface area contributed by atoms with Crippen LogP contribution in [0.3, 0.4) is 0 Å². The highest BCUT2D eigenvalue weighted by atomic mass is 14.2. The Balaban J connectivity index is 3.96. The van der Waals surface area contributed by atoms with Crippen molar-refractivity contribution in [1.82, 2.24) is 0 Å². The van der Waals surface area contributed by atoms with Crippen LogP contribution in [0.1, 0.15) is 27.2 Å². The molecule has 0 N–H and O–H groups in total. The number of hydrogen-bond donors (Lipinski definition) is 0. The first-order chi connectivity index (χ1) is 4.20. The van der Waals surface area contributed by atoms with Gasteiger partial charge in [0.1, 0.15) is 0 Å². The van der Waals surface area contributed by atoms with Gasteiger partial charge in [0.15, 0.2) is 0 Å². The third kappa shape index (κ3) is 3.78. The Bertz CT molecular complexity index is 137. The molecule has 0 unspecified atom stereocenters. The maximum atomic E-state index is 8.46. The predicted molar refractivity (Wildman–Crippen MR) is 38.8 cm³/mol. The van der Waals surface area contributed by atoms with E-state index in [1.54, 1.807) is 0 Å².